The summed E-state index contributed by atoms with van der Waals surface area (Å²) < 4.78 is 0. The van der Waals surface area contributed by atoms with Crippen molar-refractivity contribution in [3.8, 4) is 0 Å². The molecule has 1 aromatic heterocycles. The van der Waals surface area contributed by atoms with Gasteiger partial charge in [0.05, 0.1) is 5.69 Å². The zero-order valence-corrected chi connectivity index (χ0v) is 11.0. The SMILES string of the molecule is C=C(NC)/C(=C/c1cc(C)nc(C)n1)SC=O. The van der Waals surface area contributed by atoms with Gasteiger partial charge in [0.2, 0.25) is 0 Å². The Kier molecular flexibility index (Phi) is 4.90. The normalized spacial score (nSPS) is 11.1. The molecule has 0 amide bonds. The highest BCUT2D eigenvalue weighted by Crippen LogP contribution is 2.21. The van der Waals surface area contributed by atoms with Crippen molar-refractivity contribution in [1.82, 2.24) is 15.3 Å². The maximum Gasteiger partial charge on any atom is 0.181 e. The molecule has 0 aliphatic heterocycles. The van der Waals surface area contributed by atoms with E-state index in [1.54, 1.807) is 7.05 Å². The third-order valence-electron chi connectivity index (χ3n) is 2.04. The highest BCUT2D eigenvalue weighted by atomic mass is 32.2. The van der Waals surface area contributed by atoms with Crippen LogP contribution in [-0.4, -0.2) is 22.6 Å². The Labute approximate surface area is 105 Å². The Balaban J connectivity index is 3.11. The van der Waals surface area contributed by atoms with Gasteiger partial charge < -0.3 is 5.32 Å². The third kappa shape index (κ3) is 4.03. The van der Waals surface area contributed by atoms with Crippen LogP contribution in [0.5, 0.6) is 0 Å². The van der Waals surface area contributed by atoms with Crippen LogP contribution >= 0.6 is 11.8 Å². The van der Waals surface area contributed by atoms with Crippen molar-refractivity contribution in [3.63, 3.8) is 0 Å². The standard InChI is InChI=1S/C12H15N3OS/c1-8-5-11(15-10(3)14-8)6-12(17-7-16)9(2)13-4/h5-7,13H,2H2,1,3-4H3/b12-6-. The lowest BCUT2D eigenvalue weighted by atomic mass is 10.3. The van der Waals surface area contributed by atoms with Crippen LogP contribution in [0.3, 0.4) is 0 Å². The van der Waals surface area contributed by atoms with E-state index in [-0.39, 0.29) is 0 Å². The Morgan fingerprint density at radius 1 is 1.47 bits per heavy atom. The van der Waals surface area contributed by atoms with Gasteiger partial charge in [0.25, 0.3) is 0 Å². The molecule has 0 saturated heterocycles. The van der Waals surface area contributed by atoms with Gasteiger partial charge in [-0.1, -0.05) is 18.3 Å². The van der Waals surface area contributed by atoms with E-state index >= 15 is 0 Å². The van der Waals surface area contributed by atoms with E-state index in [0.29, 0.717) is 11.5 Å². The first-order valence-electron chi connectivity index (χ1n) is 5.08. The fraction of sp³-hybridized carbons (Fsp3) is 0.250. The largest absolute Gasteiger partial charge is 0.388 e. The Bertz CT molecular complexity index is 449. The summed E-state index contributed by atoms with van der Waals surface area (Å²) in [6.07, 6.45) is 1.82. The van der Waals surface area contributed by atoms with E-state index in [1.807, 2.05) is 26.0 Å². The van der Waals surface area contributed by atoms with Crippen LogP contribution in [0.25, 0.3) is 6.08 Å². The first-order chi connectivity index (χ1) is 8.06. The maximum atomic E-state index is 10.6. The highest BCUT2D eigenvalue weighted by molar-refractivity contribution is 8.15. The number of nitrogens with zero attached hydrogens (tertiary/aromatic N) is 2. The second-order valence-electron chi connectivity index (χ2n) is 3.43. The fourth-order valence-corrected chi connectivity index (χ4v) is 1.86. The van der Waals surface area contributed by atoms with Gasteiger partial charge in [-0.2, -0.15) is 0 Å². The fourth-order valence-electron chi connectivity index (χ4n) is 1.32. The number of aromatic nitrogens is 2. The van der Waals surface area contributed by atoms with Crippen LogP contribution in [0.4, 0.5) is 0 Å². The van der Waals surface area contributed by atoms with Crippen molar-refractivity contribution in [2.24, 2.45) is 0 Å². The van der Waals surface area contributed by atoms with Gasteiger partial charge in [-0.3, -0.25) is 4.79 Å². The summed E-state index contributed by atoms with van der Waals surface area (Å²) >= 11 is 1.07. The lowest BCUT2D eigenvalue weighted by molar-refractivity contribution is 0.570. The first kappa shape index (κ1) is 13.4. The molecule has 0 spiro atoms. The molecule has 0 atom stereocenters. The van der Waals surface area contributed by atoms with E-state index in [0.717, 1.165) is 33.7 Å². The number of nitrogens with one attached hydrogen (secondary N) is 1. The molecule has 0 aliphatic carbocycles. The molecule has 0 radical (unpaired) electrons. The van der Waals surface area contributed by atoms with Crippen LogP contribution < -0.4 is 5.32 Å². The predicted octanol–water partition coefficient (Wildman–Crippen LogP) is 2.09. The number of thioether (sulfide) groups is 1. The summed E-state index contributed by atoms with van der Waals surface area (Å²) in [6.45, 7) is 7.58. The summed E-state index contributed by atoms with van der Waals surface area (Å²) in [4.78, 5) is 19.8. The van der Waals surface area contributed by atoms with Crippen molar-refractivity contribution in [2.45, 2.75) is 13.8 Å². The summed E-state index contributed by atoms with van der Waals surface area (Å²) in [6, 6.07) is 1.86. The number of rotatable bonds is 5. The van der Waals surface area contributed by atoms with Gasteiger partial charge in [0.15, 0.2) is 5.62 Å². The average molecular weight is 249 g/mol. The van der Waals surface area contributed by atoms with Gasteiger partial charge in [-0.05, 0) is 26.0 Å². The maximum absolute atomic E-state index is 10.6. The summed E-state index contributed by atoms with van der Waals surface area (Å²) in [5.74, 6) is 0.710. The van der Waals surface area contributed by atoms with Crippen LogP contribution in [0.2, 0.25) is 0 Å². The molecule has 90 valence electrons. The molecule has 1 heterocycles. The lowest BCUT2D eigenvalue weighted by Gasteiger charge is -2.06. The molecular formula is C12H15N3OS. The van der Waals surface area contributed by atoms with E-state index in [1.165, 1.54) is 0 Å². The second-order valence-corrected chi connectivity index (χ2v) is 4.30. The number of carbonyl (C=O) groups is 1. The van der Waals surface area contributed by atoms with E-state index in [9.17, 15) is 4.79 Å². The number of aryl methyl sites for hydroxylation is 2. The average Bonchev–Trinajstić information content (AvgIpc) is 2.26. The number of likely N-dealkylation sites (N-methyl/N-ethyl adjacent to an activating group) is 1. The Hall–Kier alpha value is -1.62. The highest BCUT2D eigenvalue weighted by Gasteiger charge is 2.04. The van der Waals surface area contributed by atoms with Crippen molar-refractivity contribution < 1.29 is 4.79 Å². The van der Waals surface area contributed by atoms with Crippen molar-refractivity contribution in [3.05, 3.63) is 40.5 Å². The van der Waals surface area contributed by atoms with Gasteiger partial charge in [-0.15, -0.1) is 0 Å². The topological polar surface area (TPSA) is 54.9 Å². The molecule has 1 rings (SSSR count). The number of hydrogen-bond donors (Lipinski definition) is 1. The molecule has 0 bridgehead atoms. The molecule has 0 aliphatic rings. The smallest absolute Gasteiger partial charge is 0.181 e. The Morgan fingerprint density at radius 3 is 2.71 bits per heavy atom. The second kappa shape index (κ2) is 6.20. The number of carbonyl (C=O) groups excluding carboxylic acids is 1. The minimum atomic E-state index is 0.691. The van der Waals surface area contributed by atoms with Gasteiger partial charge in [0, 0.05) is 23.3 Å². The zero-order chi connectivity index (χ0) is 12.8. The Morgan fingerprint density at radius 2 is 2.18 bits per heavy atom. The quantitative estimate of drug-likeness (QED) is 0.639. The van der Waals surface area contributed by atoms with E-state index in [4.69, 9.17) is 0 Å². The van der Waals surface area contributed by atoms with E-state index in [2.05, 4.69) is 21.9 Å². The summed E-state index contributed by atoms with van der Waals surface area (Å²) in [7, 11) is 1.76. The van der Waals surface area contributed by atoms with Crippen molar-refractivity contribution >= 4 is 23.5 Å². The van der Waals surface area contributed by atoms with Gasteiger partial charge >= 0.3 is 0 Å². The molecule has 4 nitrogen and oxygen atoms in total. The van der Waals surface area contributed by atoms with Gasteiger partial charge in [-0.25, -0.2) is 9.97 Å². The monoisotopic (exact) mass is 249 g/mol. The molecule has 1 N–H and O–H groups in total. The summed E-state index contributed by atoms with van der Waals surface area (Å²) in [5, 5.41) is 2.91. The van der Waals surface area contributed by atoms with Crippen molar-refractivity contribution in [2.75, 3.05) is 7.05 Å². The zero-order valence-electron chi connectivity index (χ0n) is 10.2. The van der Waals surface area contributed by atoms with E-state index < -0.39 is 0 Å². The predicted molar refractivity (Wildman–Crippen MR) is 72.0 cm³/mol. The minimum absolute atomic E-state index is 0.691. The third-order valence-corrected chi connectivity index (χ3v) is 2.75. The molecule has 0 fully saturated rings. The van der Waals surface area contributed by atoms with Crippen LogP contribution in [0.15, 0.2) is 23.2 Å². The van der Waals surface area contributed by atoms with Crippen LogP contribution in [-0.2, 0) is 4.79 Å². The van der Waals surface area contributed by atoms with Gasteiger partial charge in [0.1, 0.15) is 5.82 Å². The molecule has 17 heavy (non-hydrogen) atoms. The number of hydrogen-bond acceptors (Lipinski definition) is 5. The molecule has 0 aromatic carbocycles. The molecule has 0 unspecified atom stereocenters. The molecule has 0 saturated carbocycles. The molecule has 5 heteroatoms. The minimum Gasteiger partial charge on any atom is -0.388 e. The van der Waals surface area contributed by atoms with Crippen LogP contribution in [0.1, 0.15) is 17.2 Å². The van der Waals surface area contributed by atoms with Crippen LogP contribution in [0, 0.1) is 13.8 Å². The first-order valence-corrected chi connectivity index (χ1v) is 5.96. The summed E-state index contributed by atoms with van der Waals surface area (Å²) in [5.41, 5.74) is 3.14. The molecule has 1 aromatic rings. The van der Waals surface area contributed by atoms with Crippen molar-refractivity contribution in [1.29, 1.82) is 0 Å². The molecular weight excluding hydrogens is 234 g/mol. The lowest BCUT2D eigenvalue weighted by Crippen LogP contribution is -2.05.